The summed E-state index contributed by atoms with van der Waals surface area (Å²) in [5.41, 5.74) is 3.80. The number of aromatic nitrogens is 1. The summed E-state index contributed by atoms with van der Waals surface area (Å²) < 4.78 is 1.23. The molecule has 3 heteroatoms. The first-order chi connectivity index (χ1) is 5.46. The molecule has 0 N–H and O–H groups in total. The minimum absolute atomic E-state index is 0.399. The van der Waals surface area contributed by atoms with Crippen LogP contribution in [0.3, 0.4) is 0 Å². The summed E-state index contributed by atoms with van der Waals surface area (Å²) >= 11 is 4.98. The van der Waals surface area contributed by atoms with Gasteiger partial charge in [-0.1, -0.05) is 12.2 Å². The second-order valence-electron chi connectivity index (χ2n) is 3.06. The molecular weight excluding hydrogens is 170 g/mol. The van der Waals surface area contributed by atoms with Crippen molar-refractivity contribution in [1.29, 1.82) is 0 Å². The molecule has 0 bridgehead atoms. The molecule has 0 atom stereocenters. The zero-order valence-electron chi connectivity index (χ0n) is 7.76. The van der Waals surface area contributed by atoms with E-state index in [1.807, 2.05) is 20.8 Å². The van der Waals surface area contributed by atoms with Crippen molar-refractivity contribution in [2.24, 2.45) is 0 Å². The molecule has 1 heterocycles. The van der Waals surface area contributed by atoms with Crippen LogP contribution in [0.15, 0.2) is 0 Å². The molecule has 12 heavy (non-hydrogen) atoms. The largest absolute Gasteiger partial charge is 0.805 e. The Kier molecular flexibility index (Phi) is 2.24. The summed E-state index contributed by atoms with van der Waals surface area (Å²) in [5, 5.41) is 11.4. The van der Waals surface area contributed by atoms with Gasteiger partial charge in [0, 0.05) is 5.69 Å². The highest BCUT2D eigenvalue weighted by Gasteiger charge is 2.03. The summed E-state index contributed by atoms with van der Waals surface area (Å²) in [4.78, 5) is 0. The van der Waals surface area contributed by atoms with E-state index in [9.17, 15) is 5.21 Å². The molecule has 1 aromatic heterocycles. The molecule has 0 aliphatic heterocycles. The van der Waals surface area contributed by atoms with Crippen LogP contribution in [-0.2, 0) is 0 Å². The molecule has 1 aromatic rings. The maximum Gasteiger partial charge on any atom is 0.104 e. The van der Waals surface area contributed by atoms with E-state index in [1.165, 1.54) is 0 Å². The van der Waals surface area contributed by atoms with Crippen LogP contribution < -0.4 is 0 Å². The van der Waals surface area contributed by atoms with Crippen LogP contribution in [0.4, 0.5) is 0 Å². The van der Waals surface area contributed by atoms with Gasteiger partial charge in [0.05, 0.1) is 0 Å². The average molecular weight is 182 g/mol. The number of hydrogen-bond acceptors (Lipinski definition) is 2. The van der Waals surface area contributed by atoms with E-state index in [4.69, 9.17) is 12.2 Å². The van der Waals surface area contributed by atoms with Gasteiger partial charge < -0.3 is 9.94 Å². The fraction of sp³-hybridized carbons (Fsp3) is 0.444. The first-order valence-corrected chi connectivity index (χ1v) is 4.24. The van der Waals surface area contributed by atoms with Gasteiger partial charge in [0.2, 0.25) is 0 Å². The quantitative estimate of drug-likeness (QED) is 0.577. The predicted octanol–water partition coefficient (Wildman–Crippen LogP) is 2.80. The van der Waals surface area contributed by atoms with Crippen LogP contribution in [0, 0.1) is 37.5 Å². The lowest BCUT2D eigenvalue weighted by atomic mass is 10.1. The molecular formula is C9H12NOS-. The zero-order valence-corrected chi connectivity index (χ0v) is 8.58. The first-order valence-electron chi connectivity index (χ1n) is 3.83. The van der Waals surface area contributed by atoms with Gasteiger partial charge in [-0.2, -0.15) is 0 Å². The Hall–Kier alpha value is -0.830. The second kappa shape index (κ2) is 2.90. The van der Waals surface area contributed by atoms with Crippen molar-refractivity contribution in [2.45, 2.75) is 27.7 Å². The Bertz CT molecular complexity index is 347. The summed E-state index contributed by atoms with van der Waals surface area (Å²) in [6.07, 6.45) is 0. The van der Waals surface area contributed by atoms with Crippen molar-refractivity contribution >= 4 is 12.2 Å². The zero-order chi connectivity index (χ0) is 9.46. The van der Waals surface area contributed by atoms with Crippen LogP contribution in [0.2, 0.25) is 0 Å². The maximum atomic E-state index is 11.4. The van der Waals surface area contributed by atoms with Crippen LogP contribution in [0.5, 0.6) is 0 Å². The van der Waals surface area contributed by atoms with Crippen molar-refractivity contribution in [3.8, 4) is 0 Å². The van der Waals surface area contributed by atoms with Crippen molar-refractivity contribution in [2.75, 3.05) is 0 Å². The van der Waals surface area contributed by atoms with Crippen molar-refractivity contribution < 1.29 is 0 Å². The van der Waals surface area contributed by atoms with E-state index in [-0.39, 0.29) is 0 Å². The van der Waals surface area contributed by atoms with Gasteiger partial charge >= 0.3 is 0 Å². The molecule has 1 rings (SSSR count). The predicted molar refractivity (Wildman–Crippen MR) is 53.0 cm³/mol. The normalized spacial score (nSPS) is 10.3. The monoisotopic (exact) mass is 182 g/mol. The van der Waals surface area contributed by atoms with Crippen LogP contribution in [0.1, 0.15) is 22.4 Å². The molecule has 0 saturated heterocycles. The minimum Gasteiger partial charge on any atom is -0.805 e. The summed E-state index contributed by atoms with van der Waals surface area (Å²) in [5.74, 6) is 0. The van der Waals surface area contributed by atoms with Crippen LogP contribution >= 0.6 is 12.2 Å². The van der Waals surface area contributed by atoms with E-state index in [0.29, 0.717) is 10.3 Å². The SMILES string of the molecule is Cc1c(C)c(C)n([O-])c(=S)c1C. The van der Waals surface area contributed by atoms with Crippen LogP contribution in [0.25, 0.3) is 0 Å². The van der Waals surface area contributed by atoms with E-state index >= 15 is 0 Å². The average Bonchev–Trinajstić information content (AvgIpc) is 2.08. The smallest absolute Gasteiger partial charge is 0.104 e. The number of nitrogens with zero attached hydrogens (tertiary/aromatic N) is 1. The van der Waals surface area contributed by atoms with Gasteiger partial charge in [0.1, 0.15) is 4.64 Å². The molecule has 0 fully saturated rings. The van der Waals surface area contributed by atoms with E-state index in [1.54, 1.807) is 6.92 Å². The molecule has 0 aromatic carbocycles. The second-order valence-corrected chi connectivity index (χ2v) is 3.45. The Morgan fingerprint density at radius 2 is 1.50 bits per heavy atom. The molecule has 0 radical (unpaired) electrons. The van der Waals surface area contributed by atoms with Gasteiger partial charge in [-0.05, 0) is 44.4 Å². The fourth-order valence-corrected chi connectivity index (χ4v) is 1.46. The Balaban J connectivity index is 3.73. The lowest BCUT2D eigenvalue weighted by Crippen LogP contribution is -2.04. The highest BCUT2D eigenvalue weighted by molar-refractivity contribution is 7.71. The molecule has 0 amide bonds. The third-order valence-electron chi connectivity index (χ3n) is 2.48. The van der Waals surface area contributed by atoms with Gasteiger partial charge in [-0.3, -0.25) is 0 Å². The highest BCUT2D eigenvalue weighted by Crippen LogP contribution is 2.17. The van der Waals surface area contributed by atoms with E-state index in [0.717, 1.165) is 21.4 Å². The third kappa shape index (κ3) is 1.14. The molecule has 2 nitrogen and oxygen atoms in total. The lowest BCUT2D eigenvalue weighted by molar-refractivity contribution is 0.927. The van der Waals surface area contributed by atoms with Gasteiger partial charge in [-0.25, -0.2) is 0 Å². The molecule has 0 aliphatic rings. The van der Waals surface area contributed by atoms with Crippen molar-refractivity contribution in [1.82, 2.24) is 4.73 Å². The molecule has 66 valence electrons. The third-order valence-corrected chi connectivity index (χ3v) is 2.95. The summed E-state index contributed by atoms with van der Waals surface area (Å²) in [6, 6.07) is 0. The van der Waals surface area contributed by atoms with Crippen molar-refractivity contribution in [3.63, 3.8) is 0 Å². The standard InChI is InChI=1S/C9H12NOS/c1-5-6(2)8(4)10(11)9(12)7(5)3/h1-4H3/q-1. The van der Waals surface area contributed by atoms with Crippen molar-refractivity contribution in [3.05, 3.63) is 32.2 Å². The molecule has 0 spiro atoms. The summed E-state index contributed by atoms with van der Waals surface area (Å²) in [7, 11) is 0. The highest BCUT2D eigenvalue weighted by atomic mass is 32.1. The van der Waals surface area contributed by atoms with Gasteiger partial charge in [-0.15, -0.1) is 0 Å². The Labute approximate surface area is 77.4 Å². The number of rotatable bonds is 0. The Morgan fingerprint density at radius 3 is 2.00 bits per heavy atom. The molecule has 0 unspecified atom stereocenters. The topological polar surface area (TPSA) is 28.0 Å². The summed E-state index contributed by atoms with van der Waals surface area (Å²) in [6.45, 7) is 7.62. The molecule has 0 aliphatic carbocycles. The van der Waals surface area contributed by atoms with Gasteiger partial charge in [0.15, 0.2) is 0 Å². The molecule has 0 saturated carbocycles. The van der Waals surface area contributed by atoms with E-state index < -0.39 is 0 Å². The lowest BCUT2D eigenvalue weighted by Gasteiger charge is -2.20. The minimum atomic E-state index is 0.399. The first kappa shape index (κ1) is 9.26. The van der Waals surface area contributed by atoms with Crippen LogP contribution in [-0.4, -0.2) is 4.73 Å². The maximum absolute atomic E-state index is 11.4. The van der Waals surface area contributed by atoms with E-state index in [2.05, 4.69) is 0 Å². The number of hydrogen-bond donors (Lipinski definition) is 0. The fourth-order valence-electron chi connectivity index (χ4n) is 1.17. The Morgan fingerprint density at radius 1 is 1.00 bits per heavy atom. The number of pyridine rings is 1. The van der Waals surface area contributed by atoms with Gasteiger partial charge in [0.25, 0.3) is 0 Å².